The first-order valence-electron chi connectivity index (χ1n) is 15.3. The van der Waals surface area contributed by atoms with Gasteiger partial charge in [-0.3, -0.25) is 19.5 Å². The molecule has 0 N–H and O–H groups in total. The van der Waals surface area contributed by atoms with E-state index in [0.29, 0.717) is 11.1 Å². The van der Waals surface area contributed by atoms with Gasteiger partial charge in [-0.25, -0.2) is 4.98 Å². The molecular formula is C40H27N3O2S. The van der Waals surface area contributed by atoms with Gasteiger partial charge < -0.3 is 0 Å². The molecule has 0 amide bonds. The Balaban J connectivity index is 1.38. The van der Waals surface area contributed by atoms with Gasteiger partial charge in [0.05, 0.1) is 16.7 Å². The van der Waals surface area contributed by atoms with Crippen molar-refractivity contribution in [2.75, 3.05) is 4.90 Å². The number of aryl methyl sites for hydroxylation is 3. The van der Waals surface area contributed by atoms with Crippen molar-refractivity contribution in [2.45, 2.75) is 26.2 Å². The molecule has 0 unspecified atom stereocenters. The van der Waals surface area contributed by atoms with Crippen LogP contribution in [0.5, 0.6) is 0 Å². The number of nitrogens with zero attached hydrogens (tertiary/aromatic N) is 3. The van der Waals surface area contributed by atoms with E-state index >= 15 is 0 Å². The Morgan fingerprint density at radius 1 is 0.674 bits per heavy atom. The quantitative estimate of drug-likeness (QED) is 0.144. The number of anilines is 3. The minimum absolute atomic E-state index is 0.198. The van der Waals surface area contributed by atoms with Gasteiger partial charge in [-0.2, -0.15) is 0 Å². The fourth-order valence-corrected chi connectivity index (χ4v) is 9.12. The number of carbonyl (C=O) groups is 2. The number of carbonyl (C=O) groups excluding carboxylic acids is 2. The Kier molecular flexibility index (Phi) is 5.57. The maximum atomic E-state index is 13.5. The maximum absolute atomic E-state index is 13.5. The van der Waals surface area contributed by atoms with Crippen LogP contribution in [0.3, 0.4) is 0 Å². The van der Waals surface area contributed by atoms with E-state index in [1.807, 2.05) is 0 Å². The Hall–Kier alpha value is -5.46. The van der Waals surface area contributed by atoms with Gasteiger partial charge in [-0.1, -0.05) is 90.5 Å². The lowest BCUT2D eigenvalue weighted by molar-refractivity contribution is 0.0990. The molecule has 220 valence electrons. The normalized spacial score (nSPS) is 15.0. The van der Waals surface area contributed by atoms with E-state index in [1.54, 1.807) is 54.1 Å². The largest absolute Gasteiger partial charge is 0.288 e. The SMILES string of the molecule is Cc1cc(C)c(N2c3nccnc3C3(c4ccccc4-c4ccccc43)c3cc(C=C4C(=O)c5ccccc5C4=O)sc32)c(C)c1. The molecule has 0 atom stereocenters. The van der Waals surface area contributed by atoms with E-state index < -0.39 is 5.41 Å². The lowest BCUT2D eigenvalue weighted by atomic mass is 9.68. The monoisotopic (exact) mass is 613 g/mol. The summed E-state index contributed by atoms with van der Waals surface area (Å²) in [4.78, 5) is 40.3. The number of allylic oxidation sites excluding steroid dienone is 1. The first kappa shape index (κ1) is 26.9. The molecule has 46 heavy (non-hydrogen) atoms. The highest BCUT2D eigenvalue weighted by Gasteiger charge is 2.54. The topological polar surface area (TPSA) is 63.2 Å². The molecule has 0 bridgehead atoms. The molecule has 6 heteroatoms. The number of benzene rings is 4. The van der Waals surface area contributed by atoms with E-state index in [0.717, 1.165) is 54.9 Å². The summed E-state index contributed by atoms with van der Waals surface area (Å²) in [7, 11) is 0. The summed E-state index contributed by atoms with van der Waals surface area (Å²) in [6, 6.07) is 30.7. The Morgan fingerprint density at radius 3 is 1.83 bits per heavy atom. The van der Waals surface area contributed by atoms with Crippen LogP contribution in [0.4, 0.5) is 16.5 Å². The highest BCUT2D eigenvalue weighted by molar-refractivity contribution is 7.17. The summed E-state index contributed by atoms with van der Waals surface area (Å²) < 4.78 is 0. The molecule has 3 aliphatic rings. The van der Waals surface area contributed by atoms with Crippen LogP contribution in [0.15, 0.2) is 109 Å². The lowest BCUT2D eigenvalue weighted by Crippen LogP contribution is -2.37. The number of thiophene rings is 1. The van der Waals surface area contributed by atoms with Crippen LogP contribution in [-0.4, -0.2) is 21.5 Å². The van der Waals surface area contributed by atoms with Crippen LogP contribution < -0.4 is 4.90 Å². The van der Waals surface area contributed by atoms with Gasteiger partial charge in [0.2, 0.25) is 0 Å². The van der Waals surface area contributed by atoms with E-state index in [-0.39, 0.29) is 17.1 Å². The standard InChI is InChI=1S/C40H27N3O2S/c1-22-18-23(2)34(24(3)19-22)43-38-37(41-16-17-42-38)40(31-14-8-6-10-26(31)27-11-7-9-15-32(27)40)33-21-25(46-39(33)43)20-30-35(44)28-12-4-5-13-29(28)36(30)45/h4-21H,1-3H3. The highest BCUT2D eigenvalue weighted by atomic mass is 32.1. The molecule has 0 saturated carbocycles. The minimum Gasteiger partial charge on any atom is -0.288 e. The second-order valence-electron chi connectivity index (χ2n) is 12.3. The van der Waals surface area contributed by atoms with Crippen molar-refractivity contribution in [3.8, 4) is 11.1 Å². The summed E-state index contributed by atoms with van der Waals surface area (Å²) >= 11 is 1.58. The van der Waals surface area contributed by atoms with Gasteiger partial charge in [-0.15, -0.1) is 11.3 Å². The molecule has 6 aromatic rings. The zero-order valence-electron chi connectivity index (χ0n) is 25.5. The van der Waals surface area contributed by atoms with Crippen LogP contribution in [0, 0.1) is 20.8 Å². The third-order valence-corrected chi connectivity index (χ3v) is 10.7. The Labute approximate surface area is 270 Å². The average molecular weight is 614 g/mol. The third-order valence-electron chi connectivity index (χ3n) is 9.59. The number of hydrogen-bond acceptors (Lipinski definition) is 6. The number of aromatic nitrogens is 2. The molecular weight excluding hydrogens is 587 g/mol. The van der Waals surface area contributed by atoms with Gasteiger partial charge in [0.15, 0.2) is 17.4 Å². The molecule has 2 aromatic heterocycles. The lowest BCUT2D eigenvalue weighted by Gasteiger charge is -2.42. The summed E-state index contributed by atoms with van der Waals surface area (Å²) in [5.41, 5.74) is 11.4. The molecule has 5 nitrogen and oxygen atoms in total. The number of Topliss-reactive ketones (excluding diaryl/α,β-unsaturated/α-hetero) is 2. The highest BCUT2D eigenvalue weighted by Crippen LogP contribution is 2.64. The summed E-state index contributed by atoms with van der Waals surface area (Å²) in [6.07, 6.45) is 5.33. The van der Waals surface area contributed by atoms with E-state index in [9.17, 15) is 9.59 Å². The summed E-state index contributed by atoms with van der Waals surface area (Å²) in [6.45, 7) is 6.39. The first-order valence-corrected chi connectivity index (χ1v) is 16.1. The molecule has 1 aliphatic heterocycles. The van der Waals surface area contributed by atoms with E-state index in [4.69, 9.17) is 9.97 Å². The number of rotatable bonds is 2. The van der Waals surface area contributed by atoms with Gasteiger partial charge in [0.1, 0.15) is 10.7 Å². The van der Waals surface area contributed by atoms with Crippen LogP contribution in [0.1, 0.15) is 64.7 Å². The van der Waals surface area contributed by atoms with E-state index in [1.165, 1.54) is 16.7 Å². The van der Waals surface area contributed by atoms with Gasteiger partial charge in [-0.05, 0) is 66.3 Å². The maximum Gasteiger partial charge on any atom is 0.197 e. The van der Waals surface area contributed by atoms with Crippen LogP contribution in [-0.2, 0) is 5.41 Å². The zero-order valence-corrected chi connectivity index (χ0v) is 26.3. The zero-order chi connectivity index (χ0) is 31.3. The van der Waals surface area contributed by atoms with Crippen molar-refractivity contribution in [1.29, 1.82) is 0 Å². The third kappa shape index (κ3) is 3.39. The van der Waals surface area contributed by atoms with Crippen LogP contribution in [0.25, 0.3) is 17.2 Å². The van der Waals surface area contributed by atoms with Gasteiger partial charge >= 0.3 is 0 Å². The van der Waals surface area contributed by atoms with E-state index in [2.05, 4.69) is 92.4 Å². The second kappa shape index (κ2) is 9.52. The van der Waals surface area contributed by atoms with Crippen LogP contribution >= 0.6 is 11.3 Å². The number of fused-ring (bicyclic) bond motifs is 10. The van der Waals surface area contributed by atoms with Crippen molar-refractivity contribution in [3.63, 3.8) is 0 Å². The Bertz CT molecular complexity index is 2260. The predicted octanol–water partition coefficient (Wildman–Crippen LogP) is 9.07. The average Bonchev–Trinajstić information content (AvgIpc) is 3.69. The smallest absolute Gasteiger partial charge is 0.197 e. The minimum atomic E-state index is -0.741. The van der Waals surface area contributed by atoms with Crippen molar-refractivity contribution < 1.29 is 9.59 Å². The van der Waals surface area contributed by atoms with Crippen molar-refractivity contribution in [1.82, 2.24) is 9.97 Å². The fraction of sp³-hybridized carbons (Fsp3) is 0.100. The molecule has 3 heterocycles. The number of hydrogen-bond donors (Lipinski definition) is 0. The van der Waals surface area contributed by atoms with Crippen molar-refractivity contribution >= 4 is 45.5 Å². The molecule has 4 aromatic carbocycles. The molecule has 0 fully saturated rings. The molecule has 0 saturated heterocycles. The van der Waals surface area contributed by atoms with Gasteiger partial charge in [0, 0.05) is 34.0 Å². The molecule has 0 radical (unpaired) electrons. The summed E-state index contributed by atoms with van der Waals surface area (Å²) in [5.74, 6) is 0.317. The van der Waals surface area contributed by atoms with Gasteiger partial charge in [0.25, 0.3) is 0 Å². The second-order valence-corrected chi connectivity index (χ2v) is 13.3. The first-order chi connectivity index (χ1) is 22.4. The van der Waals surface area contributed by atoms with Crippen LogP contribution in [0.2, 0.25) is 0 Å². The molecule has 1 spiro atoms. The summed E-state index contributed by atoms with van der Waals surface area (Å²) in [5, 5.41) is 0.997. The number of ketones is 2. The predicted molar refractivity (Wildman–Crippen MR) is 183 cm³/mol. The Morgan fingerprint density at radius 2 is 1.22 bits per heavy atom. The fourth-order valence-electron chi connectivity index (χ4n) is 7.95. The van der Waals surface area contributed by atoms with Crippen molar-refractivity contribution in [3.05, 3.63) is 164 Å². The van der Waals surface area contributed by atoms with Crippen molar-refractivity contribution in [2.24, 2.45) is 0 Å². The molecule has 9 rings (SSSR count). The molecule has 2 aliphatic carbocycles.